The molecular weight excluding hydrogens is 429 g/mol. The van der Waals surface area contributed by atoms with E-state index in [-0.39, 0.29) is 18.6 Å². The van der Waals surface area contributed by atoms with E-state index in [1.54, 1.807) is 0 Å². The molecular formula is C27H35F3O3. The number of hydrogen-bond donors (Lipinski definition) is 3. The predicted octanol–water partition coefficient (Wildman–Crippen LogP) is 5.86. The van der Waals surface area contributed by atoms with Crippen molar-refractivity contribution in [3.05, 3.63) is 75.9 Å². The van der Waals surface area contributed by atoms with E-state index in [2.05, 4.69) is 19.9 Å². The van der Waals surface area contributed by atoms with Crippen molar-refractivity contribution in [1.29, 1.82) is 0 Å². The summed E-state index contributed by atoms with van der Waals surface area (Å²) in [6.45, 7) is 6.04. The van der Waals surface area contributed by atoms with E-state index in [4.69, 9.17) is 0 Å². The Bertz CT molecular complexity index is 931. The summed E-state index contributed by atoms with van der Waals surface area (Å²) in [7, 11) is 0. The van der Waals surface area contributed by atoms with Crippen LogP contribution >= 0.6 is 0 Å². The first-order chi connectivity index (χ1) is 15.6. The van der Waals surface area contributed by atoms with Gasteiger partial charge in [0, 0.05) is 0 Å². The first-order valence-corrected chi connectivity index (χ1v) is 11.5. The van der Waals surface area contributed by atoms with Gasteiger partial charge in [0.1, 0.15) is 0 Å². The van der Waals surface area contributed by atoms with Crippen LogP contribution < -0.4 is 0 Å². The number of halogens is 3. The summed E-state index contributed by atoms with van der Waals surface area (Å²) in [5.41, 5.74) is 5.25. The van der Waals surface area contributed by atoms with Gasteiger partial charge in [-0.25, -0.2) is 0 Å². The molecule has 0 amide bonds. The average molecular weight is 465 g/mol. The van der Waals surface area contributed by atoms with Gasteiger partial charge in [0.25, 0.3) is 0 Å². The molecule has 0 spiro atoms. The Morgan fingerprint density at radius 1 is 0.879 bits per heavy atom. The molecule has 6 heteroatoms. The average Bonchev–Trinajstić information content (AvgIpc) is 2.82. The van der Waals surface area contributed by atoms with Crippen LogP contribution in [-0.4, -0.2) is 27.6 Å². The quantitative estimate of drug-likeness (QED) is 0.390. The van der Waals surface area contributed by atoms with Crippen molar-refractivity contribution in [1.82, 2.24) is 0 Å². The van der Waals surface area contributed by atoms with E-state index in [9.17, 15) is 28.5 Å². The van der Waals surface area contributed by atoms with Gasteiger partial charge in [0.15, 0.2) is 6.10 Å². The molecule has 0 bridgehead atoms. The molecule has 0 fully saturated rings. The molecule has 0 aliphatic rings. The third-order valence-electron chi connectivity index (χ3n) is 6.79. The molecule has 3 nitrogen and oxygen atoms in total. The van der Waals surface area contributed by atoms with Crippen LogP contribution in [0.3, 0.4) is 0 Å². The van der Waals surface area contributed by atoms with Gasteiger partial charge in [0.05, 0.1) is 13.2 Å². The maximum Gasteiger partial charge on any atom is 0.417 e. The van der Waals surface area contributed by atoms with E-state index < -0.39 is 12.3 Å². The minimum Gasteiger partial charge on any atom is -0.392 e. The number of benzene rings is 2. The molecule has 3 N–H and O–H groups in total. The molecule has 1 atom stereocenters. The Morgan fingerprint density at radius 3 is 2.09 bits per heavy atom. The lowest BCUT2D eigenvalue weighted by Gasteiger charge is -2.33. The van der Waals surface area contributed by atoms with Crippen molar-refractivity contribution in [2.24, 2.45) is 0 Å². The van der Waals surface area contributed by atoms with Gasteiger partial charge in [-0.1, -0.05) is 63.2 Å². The van der Waals surface area contributed by atoms with Crippen molar-refractivity contribution in [2.75, 3.05) is 0 Å². The Hall–Kier alpha value is -2.15. The fourth-order valence-electron chi connectivity index (χ4n) is 4.38. The predicted molar refractivity (Wildman–Crippen MR) is 126 cm³/mol. The topological polar surface area (TPSA) is 60.7 Å². The normalized spacial score (nSPS) is 13.6. The van der Waals surface area contributed by atoms with Crippen molar-refractivity contribution < 1.29 is 28.5 Å². The lowest BCUT2D eigenvalue weighted by Crippen LogP contribution is -2.26. The van der Waals surface area contributed by atoms with Crippen LogP contribution in [-0.2, 0) is 31.5 Å². The van der Waals surface area contributed by atoms with Gasteiger partial charge >= 0.3 is 6.18 Å². The van der Waals surface area contributed by atoms with Gasteiger partial charge in [0.2, 0.25) is 0 Å². The highest BCUT2D eigenvalue weighted by Crippen LogP contribution is 2.38. The second kappa shape index (κ2) is 11.8. The zero-order valence-corrected chi connectivity index (χ0v) is 19.6. The van der Waals surface area contributed by atoms with Crippen molar-refractivity contribution in [2.45, 2.75) is 83.8 Å². The number of aryl methyl sites for hydroxylation is 2. The van der Waals surface area contributed by atoms with E-state index in [0.29, 0.717) is 12.0 Å². The summed E-state index contributed by atoms with van der Waals surface area (Å²) >= 11 is 0. The highest BCUT2D eigenvalue weighted by atomic mass is 19.4. The fraction of sp³-hybridized carbons (Fsp3) is 0.481. The van der Waals surface area contributed by atoms with Gasteiger partial charge < -0.3 is 15.3 Å². The molecule has 33 heavy (non-hydrogen) atoms. The van der Waals surface area contributed by atoms with E-state index >= 15 is 0 Å². The van der Waals surface area contributed by atoms with Gasteiger partial charge in [-0.2, -0.15) is 13.2 Å². The van der Waals surface area contributed by atoms with Crippen molar-refractivity contribution in [3.63, 3.8) is 0 Å². The first-order valence-electron chi connectivity index (χ1n) is 11.5. The van der Waals surface area contributed by atoms with Gasteiger partial charge in [-0.05, 0) is 77.0 Å². The van der Waals surface area contributed by atoms with Crippen LogP contribution in [0.15, 0.2) is 42.5 Å². The summed E-state index contributed by atoms with van der Waals surface area (Å²) in [5.74, 6) is 0. The van der Waals surface area contributed by atoms with E-state index in [1.807, 2.05) is 37.3 Å². The SMILES string of the molecule is CCc1cc(C(CC)(CC)CCc2ccc(CO)c(CO)c2)ccc1C=CC(O)C(F)(F)F. The zero-order chi connectivity index (χ0) is 24.6. The Kier molecular flexibility index (Phi) is 9.70. The number of alkyl halides is 3. The molecule has 0 aliphatic heterocycles. The summed E-state index contributed by atoms with van der Waals surface area (Å²) in [5, 5.41) is 28.3. The lowest BCUT2D eigenvalue weighted by molar-refractivity contribution is -0.187. The largest absolute Gasteiger partial charge is 0.417 e. The summed E-state index contributed by atoms with van der Waals surface area (Å²) in [6.07, 6.45) is -0.833. The molecule has 0 aliphatic carbocycles. The smallest absolute Gasteiger partial charge is 0.392 e. The summed E-state index contributed by atoms with van der Waals surface area (Å²) in [6, 6.07) is 11.7. The van der Waals surface area contributed by atoms with E-state index in [0.717, 1.165) is 59.6 Å². The lowest BCUT2D eigenvalue weighted by atomic mass is 9.71. The molecule has 0 heterocycles. The molecule has 0 saturated heterocycles. The highest BCUT2D eigenvalue weighted by Gasteiger charge is 2.36. The second-order valence-corrected chi connectivity index (χ2v) is 8.52. The summed E-state index contributed by atoms with van der Waals surface area (Å²) < 4.78 is 37.9. The number of rotatable bonds is 11. The molecule has 0 aromatic heterocycles. The number of aliphatic hydroxyl groups is 3. The monoisotopic (exact) mass is 464 g/mol. The van der Waals surface area contributed by atoms with Gasteiger partial charge in [-0.15, -0.1) is 0 Å². The Balaban J connectivity index is 2.31. The third kappa shape index (κ3) is 6.69. The first kappa shape index (κ1) is 27.1. The van der Waals surface area contributed by atoms with Crippen molar-refractivity contribution in [3.8, 4) is 0 Å². The number of aliphatic hydroxyl groups excluding tert-OH is 3. The molecule has 182 valence electrons. The number of hydrogen-bond acceptors (Lipinski definition) is 3. The molecule has 0 saturated carbocycles. The van der Waals surface area contributed by atoms with Crippen LogP contribution in [0.5, 0.6) is 0 Å². The van der Waals surface area contributed by atoms with Crippen LogP contribution in [0.1, 0.15) is 73.4 Å². The molecule has 2 aromatic carbocycles. The molecule has 0 radical (unpaired) electrons. The Morgan fingerprint density at radius 2 is 1.55 bits per heavy atom. The Labute approximate surface area is 194 Å². The second-order valence-electron chi connectivity index (χ2n) is 8.52. The molecule has 2 aromatic rings. The van der Waals surface area contributed by atoms with Crippen molar-refractivity contribution >= 4 is 6.08 Å². The van der Waals surface area contributed by atoms with Gasteiger partial charge in [-0.3, -0.25) is 0 Å². The minimum absolute atomic E-state index is 0.0906. The zero-order valence-electron chi connectivity index (χ0n) is 19.6. The third-order valence-corrected chi connectivity index (χ3v) is 6.79. The maximum atomic E-state index is 12.6. The minimum atomic E-state index is -4.67. The molecule has 2 rings (SSSR count). The summed E-state index contributed by atoms with van der Waals surface area (Å²) in [4.78, 5) is 0. The highest BCUT2D eigenvalue weighted by molar-refractivity contribution is 5.56. The van der Waals surface area contributed by atoms with Crippen LogP contribution in [0.25, 0.3) is 6.08 Å². The fourth-order valence-corrected chi connectivity index (χ4v) is 4.38. The van der Waals surface area contributed by atoms with Crippen LogP contribution in [0.2, 0.25) is 0 Å². The standard InChI is InChI=1S/C27H35F3O3/c1-4-20-16-24(11-9-21(20)10-12-25(33)27(28,29)30)26(5-2,6-3)14-13-19-7-8-22(17-31)23(15-19)18-32/h7-12,15-16,25,31-33H,4-6,13-14,17-18H2,1-3H3. The van der Waals surface area contributed by atoms with Crippen LogP contribution in [0, 0.1) is 0 Å². The van der Waals surface area contributed by atoms with E-state index in [1.165, 1.54) is 6.08 Å². The maximum absolute atomic E-state index is 12.6. The van der Waals surface area contributed by atoms with Crippen LogP contribution in [0.4, 0.5) is 13.2 Å². The molecule has 1 unspecified atom stereocenters.